The van der Waals surface area contributed by atoms with Crippen molar-refractivity contribution in [2.24, 2.45) is 0 Å². The second kappa shape index (κ2) is 5.38. The lowest BCUT2D eigenvalue weighted by molar-refractivity contribution is -0.115. The second-order valence-corrected chi connectivity index (χ2v) is 3.98. The van der Waals surface area contributed by atoms with Gasteiger partial charge in [0.25, 0.3) is 0 Å². The fourth-order valence-electron chi connectivity index (χ4n) is 2.08. The van der Waals surface area contributed by atoms with E-state index in [9.17, 15) is 0 Å². The summed E-state index contributed by atoms with van der Waals surface area (Å²) in [5, 5.41) is 0. The Morgan fingerprint density at radius 2 is 1.82 bits per heavy atom. The second-order valence-electron chi connectivity index (χ2n) is 3.98. The van der Waals surface area contributed by atoms with Crippen molar-refractivity contribution in [3.63, 3.8) is 0 Å². The van der Waals surface area contributed by atoms with E-state index in [1.54, 1.807) is 21.3 Å². The minimum atomic E-state index is -0.0897. The van der Waals surface area contributed by atoms with E-state index in [1.807, 2.05) is 18.2 Å². The molecule has 0 saturated carbocycles. The van der Waals surface area contributed by atoms with Gasteiger partial charge >= 0.3 is 0 Å². The van der Waals surface area contributed by atoms with Gasteiger partial charge in [0.1, 0.15) is 0 Å². The predicted octanol–water partition coefficient (Wildman–Crippen LogP) is 2.53. The van der Waals surface area contributed by atoms with E-state index in [0.29, 0.717) is 0 Å². The van der Waals surface area contributed by atoms with E-state index < -0.39 is 0 Å². The molecule has 0 aromatic heterocycles. The Bertz CT molecular complexity index is 378. The molecule has 0 bridgehead atoms. The number of methoxy groups -OCH3 is 3. The van der Waals surface area contributed by atoms with Gasteiger partial charge < -0.3 is 18.9 Å². The molecular weight excluding hydrogens is 220 g/mol. The van der Waals surface area contributed by atoms with E-state index in [0.717, 1.165) is 29.9 Å². The predicted molar refractivity (Wildman–Crippen MR) is 63.4 cm³/mol. The van der Waals surface area contributed by atoms with E-state index in [-0.39, 0.29) is 12.4 Å². The molecular formula is C13H18O4. The third-order valence-electron chi connectivity index (χ3n) is 3.02. The van der Waals surface area contributed by atoms with Crippen LogP contribution in [0.2, 0.25) is 0 Å². The van der Waals surface area contributed by atoms with Crippen LogP contribution in [0.25, 0.3) is 0 Å². The quantitative estimate of drug-likeness (QED) is 0.807. The average molecular weight is 238 g/mol. The molecule has 0 N–H and O–H groups in total. The fourth-order valence-corrected chi connectivity index (χ4v) is 2.08. The zero-order valence-electron chi connectivity index (χ0n) is 10.4. The maximum absolute atomic E-state index is 5.75. The zero-order chi connectivity index (χ0) is 12.3. The van der Waals surface area contributed by atoms with Crippen molar-refractivity contribution in [2.75, 3.05) is 21.3 Å². The molecule has 2 rings (SSSR count). The lowest BCUT2D eigenvalue weighted by atomic mass is 10.1. The van der Waals surface area contributed by atoms with Gasteiger partial charge in [0.15, 0.2) is 17.8 Å². The lowest BCUT2D eigenvalue weighted by Crippen LogP contribution is -2.08. The lowest BCUT2D eigenvalue weighted by Gasteiger charge is -2.15. The summed E-state index contributed by atoms with van der Waals surface area (Å²) in [5.41, 5.74) is 1.10. The third-order valence-corrected chi connectivity index (χ3v) is 3.02. The van der Waals surface area contributed by atoms with Crippen LogP contribution in [-0.2, 0) is 9.47 Å². The van der Waals surface area contributed by atoms with Crippen LogP contribution in [0, 0.1) is 0 Å². The summed E-state index contributed by atoms with van der Waals surface area (Å²) in [6.45, 7) is 0. The van der Waals surface area contributed by atoms with Gasteiger partial charge in [-0.15, -0.1) is 0 Å². The smallest absolute Gasteiger partial charge is 0.161 e. The number of hydrogen-bond acceptors (Lipinski definition) is 4. The number of benzene rings is 1. The summed E-state index contributed by atoms with van der Waals surface area (Å²) in [6, 6.07) is 5.86. The van der Waals surface area contributed by atoms with Crippen LogP contribution in [0.5, 0.6) is 11.5 Å². The Labute approximate surface area is 101 Å². The first-order valence-corrected chi connectivity index (χ1v) is 5.68. The minimum Gasteiger partial charge on any atom is -0.493 e. The highest BCUT2D eigenvalue weighted by Gasteiger charge is 2.26. The molecule has 17 heavy (non-hydrogen) atoms. The van der Waals surface area contributed by atoms with Crippen LogP contribution in [0.3, 0.4) is 0 Å². The fraction of sp³-hybridized carbons (Fsp3) is 0.538. The monoisotopic (exact) mass is 238 g/mol. The molecule has 1 saturated heterocycles. The molecule has 2 unspecified atom stereocenters. The molecule has 1 aromatic carbocycles. The van der Waals surface area contributed by atoms with E-state index in [2.05, 4.69) is 0 Å². The highest BCUT2D eigenvalue weighted by molar-refractivity contribution is 5.43. The number of ether oxygens (including phenoxy) is 4. The Morgan fingerprint density at radius 1 is 1.06 bits per heavy atom. The topological polar surface area (TPSA) is 36.9 Å². The van der Waals surface area contributed by atoms with Crippen LogP contribution in [-0.4, -0.2) is 27.6 Å². The van der Waals surface area contributed by atoms with Gasteiger partial charge in [-0.1, -0.05) is 6.07 Å². The minimum absolute atomic E-state index is 0.0831. The van der Waals surface area contributed by atoms with E-state index >= 15 is 0 Å². The van der Waals surface area contributed by atoms with Gasteiger partial charge in [-0.05, 0) is 24.1 Å². The molecule has 0 radical (unpaired) electrons. The SMILES string of the molecule is COc1ccc(C2CCC(OC)O2)cc1OC. The van der Waals surface area contributed by atoms with Gasteiger partial charge in [0, 0.05) is 13.5 Å². The van der Waals surface area contributed by atoms with Gasteiger partial charge in [0.2, 0.25) is 0 Å². The van der Waals surface area contributed by atoms with Gasteiger partial charge in [-0.25, -0.2) is 0 Å². The normalized spacial score (nSPS) is 23.7. The number of rotatable bonds is 4. The average Bonchev–Trinajstić information content (AvgIpc) is 2.86. The van der Waals surface area contributed by atoms with Crippen molar-refractivity contribution in [3.05, 3.63) is 23.8 Å². The maximum Gasteiger partial charge on any atom is 0.161 e. The summed E-state index contributed by atoms with van der Waals surface area (Å²) < 4.78 is 21.4. The summed E-state index contributed by atoms with van der Waals surface area (Å²) in [5.74, 6) is 1.46. The molecule has 2 atom stereocenters. The Hall–Kier alpha value is -1.26. The molecule has 1 aromatic rings. The molecule has 94 valence electrons. The van der Waals surface area contributed by atoms with Gasteiger partial charge in [-0.2, -0.15) is 0 Å². The van der Waals surface area contributed by atoms with E-state index in [1.165, 1.54) is 0 Å². The van der Waals surface area contributed by atoms with Crippen molar-refractivity contribution < 1.29 is 18.9 Å². The zero-order valence-corrected chi connectivity index (χ0v) is 10.4. The van der Waals surface area contributed by atoms with Crippen molar-refractivity contribution in [2.45, 2.75) is 25.2 Å². The third kappa shape index (κ3) is 2.53. The van der Waals surface area contributed by atoms with Crippen molar-refractivity contribution in [1.29, 1.82) is 0 Å². The van der Waals surface area contributed by atoms with Crippen molar-refractivity contribution in [3.8, 4) is 11.5 Å². The van der Waals surface area contributed by atoms with Crippen LogP contribution in [0.15, 0.2) is 18.2 Å². The molecule has 0 amide bonds. The summed E-state index contributed by atoms with van der Waals surface area (Å²) in [4.78, 5) is 0. The molecule has 1 heterocycles. The molecule has 4 heteroatoms. The first-order valence-electron chi connectivity index (χ1n) is 5.68. The Kier molecular flexibility index (Phi) is 3.86. The van der Waals surface area contributed by atoms with Crippen molar-refractivity contribution in [1.82, 2.24) is 0 Å². The Morgan fingerprint density at radius 3 is 2.41 bits per heavy atom. The molecule has 0 aliphatic carbocycles. The van der Waals surface area contributed by atoms with Crippen molar-refractivity contribution >= 4 is 0 Å². The van der Waals surface area contributed by atoms with Gasteiger partial charge in [-0.3, -0.25) is 0 Å². The number of hydrogen-bond donors (Lipinski definition) is 0. The summed E-state index contributed by atoms with van der Waals surface area (Å²) in [6.07, 6.45) is 1.89. The van der Waals surface area contributed by atoms with Gasteiger partial charge in [0.05, 0.1) is 20.3 Å². The van der Waals surface area contributed by atoms with E-state index in [4.69, 9.17) is 18.9 Å². The van der Waals surface area contributed by atoms with Crippen LogP contribution < -0.4 is 9.47 Å². The molecule has 1 aliphatic rings. The molecule has 1 fully saturated rings. The summed E-state index contributed by atoms with van der Waals surface area (Å²) >= 11 is 0. The summed E-state index contributed by atoms with van der Waals surface area (Å²) in [7, 11) is 4.93. The first kappa shape index (κ1) is 12.2. The van der Waals surface area contributed by atoms with Crippen LogP contribution in [0.4, 0.5) is 0 Å². The maximum atomic E-state index is 5.75. The largest absolute Gasteiger partial charge is 0.493 e. The van der Waals surface area contributed by atoms with Crippen LogP contribution >= 0.6 is 0 Å². The highest BCUT2D eigenvalue weighted by Crippen LogP contribution is 2.37. The first-order chi connectivity index (χ1) is 8.28. The molecule has 0 spiro atoms. The standard InChI is InChI=1S/C13H18O4/c1-14-11-5-4-9(8-12(11)15-2)10-6-7-13(16-3)17-10/h4-5,8,10,13H,6-7H2,1-3H3. The Balaban J connectivity index is 2.16. The molecule has 4 nitrogen and oxygen atoms in total. The molecule has 1 aliphatic heterocycles. The highest BCUT2D eigenvalue weighted by atomic mass is 16.7. The van der Waals surface area contributed by atoms with Crippen LogP contribution in [0.1, 0.15) is 24.5 Å².